The highest BCUT2D eigenvalue weighted by Crippen LogP contribution is 2.27. The first-order valence-electron chi connectivity index (χ1n) is 3.03. The molecule has 0 aromatic carbocycles. The van der Waals surface area contributed by atoms with E-state index < -0.39 is 7.59 Å². The van der Waals surface area contributed by atoms with Crippen LogP contribution in [-0.4, -0.2) is 6.04 Å². The Labute approximate surface area is 54.5 Å². The monoisotopic (exact) mass is 149 g/mol. The minimum atomic E-state index is -2.94. The number of rotatable bonds is 2. The van der Waals surface area contributed by atoms with E-state index in [1.54, 1.807) is 0 Å². The molecule has 1 rings (SSSR count). The summed E-state index contributed by atoms with van der Waals surface area (Å²) in [7, 11) is -2.94. The quantitative estimate of drug-likeness (QED) is 0.488. The van der Waals surface area contributed by atoms with Gasteiger partial charge >= 0.3 is 0 Å². The normalized spacial score (nSPS) is 21.6. The lowest BCUT2D eigenvalue weighted by Gasteiger charge is -2.27. The Morgan fingerprint density at radius 1 is 1.44 bits per heavy atom. The molecule has 9 heavy (non-hydrogen) atoms. The highest BCUT2D eigenvalue weighted by atomic mass is 31.2. The molecule has 0 amide bonds. The average Bonchev–Trinajstić information content (AvgIpc) is 1.53. The molecule has 0 spiro atoms. The van der Waals surface area contributed by atoms with Crippen LogP contribution < -0.4 is 16.1 Å². The van der Waals surface area contributed by atoms with Crippen LogP contribution in [0.2, 0.25) is 0 Å². The molecular weight excluding hydrogens is 137 g/mol. The standard InChI is InChI=1S/C4H12N3OP/c5-9(6,8)7-4-2-1-3-4/h4H,1-3H2,(H5,5,6,7,8). The van der Waals surface area contributed by atoms with Gasteiger partial charge in [-0.1, -0.05) is 6.42 Å². The maximum Gasteiger partial charge on any atom is 0.274 e. The summed E-state index contributed by atoms with van der Waals surface area (Å²) < 4.78 is 10.7. The molecule has 1 aliphatic carbocycles. The predicted molar refractivity (Wildman–Crippen MR) is 36.8 cm³/mol. The second-order valence-corrected chi connectivity index (χ2v) is 4.14. The molecule has 0 unspecified atom stereocenters. The van der Waals surface area contributed by atoms with E-state index in [0.29, 0.717) is 6.04 Å². The van der Waals surface area contributed by atoms with Gasteiger partial charge in [0.05, 0.1) is 0 Å². The summed E-state index contributed by atoms with van der Waals surface area (Å²) in [5.74, 6) is 0. The minimum Gasteiger partial charge on any atom is -0.271 e. The van der Waals surface area contributed by atoms with Crippen LogP contribution in [0.3, 0.4) is 0 Å². The van der Waals surface area contributed by atoms with E-state index >= 15 is 0 Å². The van der Waals surface area contributed by atoms with Crippen molar-refractivity contribution < 1.29 is 4.57 Å². The Kier molecular flexibility index (Phi) is 1.91. The lowest BCUT2D eigenvalue weighted by atomic mass is 9.94. The van der Waals surface area contributed by atoms with Crippen LogP contribution >= 0.6 is 7.59 Å². The molecule has 0 bridgehead atoms. The number of hydrogen-bond acceptors (Lipinski definition) is 1. The molecule has 5 N–H and O–H groups in total. The Hall–Kier alpha value is 0.110. The third-order valence-corrected chi connectivity index (χ3v) is 2.26. The van der Waals surface area contributed by atoms with Crippen LogP contribution in [0.5, 0.6) is 0 Å². The lowest BCUT2D eigenvalue weighted by Crippen LogP contribution is -2.37. The second kappa shape index (κ2) is 2.39. The summed E-state index contributed by atoms with van der Waals surface area (Å²) in [5.41, 5.74) is 10.1. The van der Waals surface area contributed by atoms with E-state index in [1.807, 2.05) is 0 Å². The van der Waals surface area contributed by atoms with Crippen molar-refractivity contribution in [1.82, 2.24) is 5.09 Å². The average molecular weight is 149 g/mol. The van der Waals surface area contributed by atoms with Crippen molar-refractivity contribution >= 4 is 7.59 Å². The maximum atomic E-state index is 10.7. The SMILES string of the molecule is NP(N)(=O)NC1CCC1. The second-order valence-electron chi connectivity index (χ2n) is 2.47. The summed E-state index contributed by atoms with van der Waals surface area (Å²) in [5, 5.41) is 2.67. The van der Waals surface area contributed by atoms with Crippen molar-refractivity contribution in [1.29, 1.82) is 0 Å². The first-order chi connectivity index (χ1) is 4.08. The van der Waals surface area contributed by atoms with Crippen LogP contribution in [0.1, 0.15) is 19.3 Å². The van der Waals surface area contributed by atoms with Gasteiger partial charge in [0.1, 0.15) is 0 Å². The first-order valence-corrected chi connectivity index (χ1v) is 4.87. The zero-order valence-corrected chi connectivity index (χ0v) is 6.10. The summed E-state index contributed by atoms with van der Waals surface area (Å²) in [6.07, 6.45) is 3.30. The summed E-state index contributed by atoms with van der Waals surface area (Å²) >= 11 is 0. The van der Waals surface area contributed by atoms with Gasteiger partial charge < -0.3 is 0 Å². The Morgan fingerprint density at radius 3 is 2.11 bits per heavy atom. The fraction of sp³-hybridized carbons (Fsp3) is 1.00. The van der Waals surface area contributed by atoms with Crippen LogP contribution in [0.25, 0.3) is 0 Å². The molecule has 1 aliphatic rings. The number of nitrogens with two attached hydrogens (primary N) is 2. The molecule has 0 heterocycles. The van der Waals surface area contributed by atoms with Gasteiger partial charge in [0, 0.05) is 6.04 Å². The molecule has 0 saturated heterocycles. The van der Waals surface area contributed by atoms with Crippen molar-refractivity contribution in [2.45, 2.75) is 25.3 Å². The maximum absolute atomic E-state index is 10.7. The van der Waals surface area contributed by atoms with Gasteiger partial charge in [-0.2, -0.15) is 0 Å². The van der Waals surface area contributed by atoms with E-state index in [1.165, 1.54) is 6.42 Å². The number of nitrogens with one attached hydrogen (secondary N) is 1. The van der Waals surface area contributed by atoms with Crippen LogP contribution in [0.15, 0.2) is 0 Å². The van der Waals surface area contributed by atoms with E-state index in [2.05, 4.69) is 5.09 Å². The van der Waals surface area contributed by atoms with Gasteiger partial charge in [0.2, 0.25) is 0 Å². The van der Waals surface area contributed by atoms with E-state index in [0.717, 1.165) is 12.8 Å². The summed E-state index contributed by atoms with van der Waals surface area (Å²) in [6, 6.07) is 0.311. The lowest BCUT2D eigenvalue weighted by molar-refractivity contribution is 0.383. The first kappa shape index (κ1) is 7.22. The molecule has 54 valence electrons. The zero-order chi connectivity index (χ0) is 6.91. The molecular formula is C4H12N3OP. The fourth-order valence-electron chi connectivity index (χ4n) is 0.823. The highest BCUT2D eigenvalue weighted by Gasteiger charge is 2.22. The third kappa shape index (κ3) is 2.45. The highest BCUT2D eigenvalue weighted by molar-refractivity contribution is 7.56. The van der Waals surface area contributed by atoms with Gasteiger partial charge in [0.15, 0.2) is 0 Å². The van der Waals surface area contributed by atoms with Gasteiger partial charge in [-0.25, -0.2) is 5.09 Å². The Bertz CT molecular complexity index is 139. The topological polar surface area (TPSA) is 81.1 Å². The largest absolute Gasteiger partial charge is 0.274 e. The van der Waals surface area contributed by atoms with Crippen molar-refractivity contribution in [3.05, 3.63) is 0 Å². The van der Waals surface area contributed by atoms with Crippen LogP contribution in [-0.2, 0) is 4.57 Å². The van der Waals surface area contributed by atoms with E-state index in [9.17, 15) is 4.57 Å². The Balaban J connectivity index is 2.24. The number of hydrogen-bond donors (Lipinski definition) is 3. The zero-order valence-electron chi connectivity index (χ0n) is 5.21. The van der Waals surface area contributed by atoms with Crippen LogP contribution in [0.4, 0.5) is 0 Å². The van der Waals surface area contributed by atoms with Crippen molar-refractivity contribution in [2.24, 2.45) is 11.0 Å². The minimum absolute atomic E-state index is 0.311. The fourth-order valence-corrected chi connectivity index (χ4v) is 1.65. The van der Waals surface area contributed by atoms with Crippen molar-refractivity contribution in [2.75, 3.05) is 0 Å². The molecule has 1 fully saturated rings. The molecule has 0 aromatic heterocycles. The Morgan fingerprint density at radius 2 is 2.00 bits per heavy atom. The summed E-state index contributed by atoms with van der Waals surface area (Å²) in [6.45, 7) is 0. The van der Waals surface area contributed by atoms with Crippen molar-refractivity contribution in [3.8, 4) is 0 Å². The van der Waals surface area contributed by atoms with Crippen molar-refractivity contribution in [3.63, 3.8) is 0 Å². The van der Waals surface area contributed by atoms with Gasteiger partial charge in [-0.05, 0) is 12.8 Å². The molecule has 0 atom stereocenters. The van der Waals surface area contributed by atoms with Gasteiger partial charge in [-0.3, -0.25) is 15.6 Å². The molecule has 1 saturated carbocycles. The third-order valence-electron chi connectivity index (χ3n) is 1.49. The molecule has 0 radical (unpaired) electrons. The smallest absolute Gasteiger partial charge is 0.271 e. The van der Waals surface area contributed by atoms with Gasteiger partial charge in [0.25, 0.3) is 7.59 Å². The summed E-state index contributed by atoms with van der Waals surface area (Å²) in [4.78, 5) is 0. The van der Waals surface area contributed by atoms with E-state index in [-0.39, 0.29) is 0 Å². The molecule has 0 aliphatic heterocycles. The molecule has 0 aromatic rings. The molecule has 4 nitrogen and oxygen atoms in total. The van der Waals surface area contributed by atoms with E-state index in [4.69, 9.17) is 11.0 Å². The molecule has 5 heteroatoms. The van der Waals surface area contributed by atoms with Gasteiger partial charge in [-0.15, -0.1) is 0 Å². The predicted octanol–water partition coefficient (Wildman–Crippen LogP) is 0.154. The van der Waals surface area contributed by atoms with Crippen LogP contribution in [0, 0.1) is 0 Å².